The highest BCUT2D eigenvalue weighted by atomic mass is 19.1. The third-order valence-electron chi connectivity index (χ3n) is 3.02. The summed E-state index contributed by atoms with van der Waals surface area (Å²) in [5, 5.41) is 3.01. The van der Waals surface area contributed by atoms with Crippen LogP contribution >= 0.6 is 0 Å². The van der Waals surface area contributed by atoms with Crippen LogP contribution in [-0.2, 0) is 6.54 Å². The minimum absolute atomic E-state index is 0.251. The molecule has 0 bridgehead atoms. The molecule has 4 nitrogen and oxygen atoms in total. The quantitative estimate of drug-likeness (QED) is 0.657. The Hall–Kier alpha value is -2.56. The number of ether oxygens (including phenoxy) is 1. The highest BCUT2D eigenvalue weighted by Crippen LogP contribution is 2.18. The molecule has 0 aliphatic rings. The van der Waals surface area contributed by atoms with Gasteiger partial charge in [-0.2, -0.15) is 0 Å². The third kappa shape index (κ3) is 4.48. The highest BCUT2D eigenvalue weighted by Gasteiger charge is 2.04. The van der Waals surface area contributed by atoms with E-state index in [2.05, 4.69) is 10.3 Å². The number of hydrogen-bond acceptors (Lipinski definition) is 2. The molecule has 2 rings (SSSR count). The predicted molar refractivity (Wildman–Crippen MR) is 87.7 cm³/mol. The van der Waals surface area contributed by atoms with Crippen molar-refractivity contribution in [1.82, 2.24) is 0 Å². The number of anilines is 1. The molecule has 116 valence electrons. The Morgan fingerprint density at radius 2 is 2.09 bits per heavy atom. The molecule has 0 aliphatic carbocycles. The zero-order valence-corrected chi connectivity index (χ0v) is 12.8. The Balaban J connectivity index is 2.00. The van der Waals surface area contributed by atoms with Crippen molar-refractivity contribution in [3.63, 3.8) is 0 Å². The molecule has 0 fully saturated rings. The Kier molecular flexibility index (Phi) is 5.36. The number of guanidine groups is 1. The second kappa shape index (κ2) is 7.45. The van der Waals surface area contributed by atoms with Crippen molar-refractivity contribution in [3.8, 4) is 5.75 Å². The van der Waals surface area contributed by atoms with Gasteiger partial charge in [0.05, 0.1) is 13.2 Å². The van der Waals surface area contributed by atoms with Crippen LogP contribution in [0, 0.1) is 12.7 Å². The number of rotatable bonds is 5. The lowest BCUT2D eigenvalue weighted by Gasteiger charge is -2.07. The predicted octanol–water partition coefficient (Wildman–Crippen LogP) is 3.46. The van der Waals surface area contributed by atoms with E-state index in [0.717, 1.165) is 16.8 Å². The van der Waals surface area contributed by atoms with Crippen LogP contribution in [-0.4, -0.2) is 12.6 Å². The van der Waals surface area contributed by atoms with E-state index in [-0.39, 0.29) is 11.6 Å². The molecule has 0 aromatic heterocycles. The van der Waals surface area contributed by atoms with Gasteiger partial charge in [-0.25, -0.2) is 9.38 Å². The lowest BCUT2D eigenvalue weighted by molar-refractivity contribution is 0.321. The number of nitrogens with zero attached hydrogens (tertiary/aromatic N) is 1. The molecule has 3 N–H and O–H groups in total. The Morgan fingerprint density at radius 3 is 2.77 bits per heavy atom. The summed E-state index contributed by atoms with van der Waals surface area (Å²) in [6.45, 7) is 4.55. The molecule has 0 radical (unpaired) electrons. The fourth-order valence-electron chi connectivity index (χ4n) is 2.00. The van der Waals surface area contributed by atoms with Gasteiger partial charge in [-0.15, -0.1) is 0 Å². The van der Waals surface area contributed by atoms with Gasteiger partial charge in [-0.05, 0) is 49.2 Å². The molecule has 2 aromatic carbocycles. The second-order valence-electron chi connectivity index (χ2n) is 4.89. The van der Waals surface area contributed by atoms with E-state index in [1.54, 1.807) is 12.1 Å². The number of aryl methyl sites for hydroxylation is 1. The number of nitrogens with one attached hydrogen (secondary N) is 1. The van der Waals surface area contributed by atoms with E-state index in [4.69, 9.17) is 10.5 Å². The highest BCUT2D eigenvalue weighted by molar-refractivity contribution is 5.92. The van der Waals surface area contributed by atoms with Gasteiger partial charge in [0.2, 0.25) is 0 Å². The van der Waals surface area contributed by atoms with Crippen LogP contribution in [0.5, 0.6) is 5.75 Å². The van der Waals surface area contributed by atoms with Crippen LogP contribution in [0.25, 0.3) is 0 Å². The van der Waals surface area contributed by atoms with Crippen molar-refractivity contribution < 1.29 is 9.13 Å². The molecule has 5 heteroatoms. The SMILES string of the molecule is CCOc1ccc(CN=C(N)Nc2cccc(C)c2)cc1F. The van der Waals surface area contributed by atoms with Gasteiger partial charge >= 0.3 is 0 Å². The maximum Gasteiger partial charge on any atom is 0.193 e. The van der Waals surface area contributed by atoms with Gasteiger partial charge in [0.15, 0.2) is 17.5 Å². The van der Waals surface area contributed by atoms with Crippen molar-refractivity contribution in [2.75, 3.05) is 11.9 Å². The first-order valence-corrected chi connectivity index (χ1v) is 7.13. The van der Waals surface area contributed by atoms with Crippen LogP contribution in [0.15, 0.2) is 47.5 Å². The molecule has 22 heavy (non-hydrogen) atoms. The van der Waals surface area contributed by atoms with Crippen LogP contribution < -0.4 is 15.8 Å². The summed E-state index contributed by atoms with van der Waals surface area (Å²) < 4.78 is 18.9. The average molecular weight is 301 g/mol. The van der Waals surface area contributed by atoms with Crippen LogP contribution in [0.2, 0.25) is 0 Å². The van der Waals surface area contributed by atoms with Crippen LogP contribution in [0.4, 0.5) is 10.1 Å². The normalized spacial score (nSPS) is 11.3. The van der Waals surface area contributed by atoms with Crippen molar-refractivity contribution in [3.05, 3.63) is 59.4 Å². The summed E-state index contributed by atoms with van der Waals surface area (Å²) in [4.78, 5) is 4.21. The van der Waals surface area contributed by atoms with E-state index in [1.807, 2.05) is 38.1 Å². The topological polar surface area (TPSA) is 59.6 Å². The summed E-state index contributed by atoms with van der Waals surface area (Å²) in [6.07, 6.45) is 0. The van der Waals surface area contributed by atoms with Gasteiger partial charge in [0.25, 0.3) is 0 Å². The van der Waals surface area contributed by atoms with E-state index < -0.39 is 0 Å². The Labute approximate surface area is 129 Å². The molecule has 0 saturated carbocycles. The van der Waals surface area contributed by atoms with Crippen molar-refractivity contribution >= 4 is 11.6 Å². The van der Waals surface area contributed by atoms with Gasteiger partial charge in [-0.3, -0.25) is 0 Å². The minimum Gasteiger partial charge on any atom is -0.491 e. The van der Waals surface area contributed by atoms with Crippen molar-refractivity contribution in [2.45, 2.75) is 20.4 Å². The van der Waals surface area contributed by atoms with Crippen LogP contribution in [0.1, 0.15) is 18.1 Å². The lowest BCUT2D eigenvalue weighted by atomic mass is 10.2. The smallest absolute Gasteiger partial charge is 0.193 e. The molecule has 0 aliphatic heterocycles. The molecule has 2 aromatic rings. The van der Waals surface area contributed by atoms with E-state index >= 15 is 0 Å². The van der Waals surface area contributed by atoms with Crippen molar-refractivity contribution in [1.29, 1.82) is 0 Å². The van der Waals surface area contributed by atoms with Crippen molar-refractivity contribution in [2.24, 2.45) is 10.7 Å². The first-order chi connectivity index (χ1) is 10.6. The summed E-state index contributed by atoms with van der Waals surface area (Å²) >= 11 is 0. The fraction of sp³-hybridized carbons (Fsp3) is 0.235. The monoisotopic (exact) mass is 301 g/mol. The number of nitrogens with two attached hydrogens (primary N) is 1. The number of halogens is 1. The standard InChI is InChI=1S/C17H20FN3O/c1-3-22-16-8-7-13(10-15(16)18)11-20-17(19)21-14-6-4-5-12(2)9-14/h4-10H,3,11H2,1-2H3,(H3,19,20,21). The number of aliphatic imine (C=N–C) groups is 1. The van der Waals surface area contributed by atoms with Gasteiger partial charge in [-0.1, -0.05) is 18.2 Å². The number of benzene rings is 2. The summed E-state index contributed by atoms with van der Waals surface area (Å²) in [6, 6.07) is 12.6. The zero-order chi connectivity index (χ0) is 15.9. The molecule has 0 amide bonds. The van der Waals surface area contributed by atoms with Gasteiger partial charge in [0.1, 0.15) is 0 Å². The Bertz CT molecular complexity index is 671. The molecular formula is C17H20FN3O. The summed E-state index contributed by atoms with van der Waals surface area (Å²) in [5.41, 5.74) is 8.58. The Morgan fingerprint density at radius 1 is 1.27 bits per heavy atom. The maximum absolute atomic E-state index is 13.7. The second-order valence-corrected chi connectivity index (χ2v) is 4.89. The molecule has 0 unspecified atom stereocenters. The van der Waals surface area contributed by atoms with Crippen LogP contribution in [0.3, 0.4) is 0 Å². The average Bonchev–Trinajstić information content (AvgIpc) is 2.48. The van der Waals surface area contributed by atoms with E-state index in [1.165, 1.54) is 6.07 Å². The maximum atomic E-state index is 13.7. The van der Waals surface area contributed by atoms with E-state index in [9.17, 15) is 4.39 Å². The van der Waals surface area contributed by atoms with Gasteiger partial charge in [0, 0.05) is 5.69 Å². The first kappa shape index (κ1) is 15.8. The summed E-state index contributed by atoms with van der Waals surface area (Å²) in [5.74, 6) is 0.153. The first-order valence-electron chi connectivity index (χ1n) is 7.13. The number of hydrogen-bond donors (Lipinski definition) is 2. The zero-order valence-electron chi connectivity index (χ0n) is 12.8. The molecule has 0 spiro atoms. The summed E-state index contributed by atoms with van der Waals surface area (Å²) in [7, 11) is 0. The minimum atomic E-state index is -0.389. The molecule has 0 saturated heterocycles. The third-order valence-corrected chi connectivity index (χ3v) is 3.02. The molecular weight excluding hydrogens is 281 g/mol. The van der Waals surface area contributed by atoms with Gasteiger partial charge < -0.3 is 15.8 Å². The van der Waals surface area contributed by atoms with E-state index in [0.29, 0.717) is 19.1 Å². The largest absolute Gasteiger partial charge is 0.491 e. The molecule has 0 atom stereocenters. The molecule has 0 heterocycles. The lowest BCUT2D eigenvalue weighted by Crippen LogP contribution is -2.22. The fourth-order valence-corrected chi connectivity index (χ4v) is 2.00.